The maximum Gasteiger partial charge on any atom is 0.322 e. The van der Waals surface area contributed by atoms with E-state index in [1.807, 2.05) is 59.6 Å². The molecule has 2 aliphatic heterocycles. The first-order chi connectivity index (χ1) is 17.9. The van der Waals surface area contributed by atoms with E-state index in [2.05, 4.69) is 46.2 Å². The van der Waals surface area contributed by atoms with Crippen molar-refractivity contribution in [3.05, 3.63) is 98.6 Å². The Balaban J connectivity index is 1.49. The van der Waals surface area contributed by atoms with Gasteiger partial charge in [-0.15, -0.1) is 11.3 Å². The van der Waals surface area contributed by atoms with E-state index in [0.29, 0.717) is 17.3 Å². The summed E-state index contributed by atoms with van der Waals surface area (Å²) in [4.78, 5) is 19.8. The predicted molar refractivity (Wildman–Crippen MR) is 149 cm³/mol. The molecule has 6 rings (SSSR count). The molecule has 1 N–H and O–H groups in total. The van der Waals surface area contributed by atoms with Crippen LogP contribution in [0.3, 0.4) is 0 Å². The number of nitrogens with one attached hydrogen (secondary N) is 1. The van der Waals surface area contributed by atoms with Gasteiger partial charge >= 0.3 is 6.03 Å². The Hall–Kier alpha value is -3.26. The molecular weight excluding hydrogens is 504 g/mol. The number of hydrogen-bond acceptors (Lipinski definition) is 4. The summed E-state index contributed by atoms with van der Waals surface area (Å²) in [6.45, 7) is 4.42. The number of amides is 2. The Morgan fingerprint density at radius 2 is 1.97 bits per heavy atom. The van der Waals surface area contributed by atoms with E-state index in [0.717, 1.165) is 42.1 Å². The molecule has 4 heterocycles. The first-order valence-electron chi connectivity index (χ1n) is 12.4. The minimum atomic E-state index is -0.299. The fourth-order valence-corrected chi connectivity index (χ4v) is 7.00. The van der Waals surface area contributed by atoms with E-state index >= 15 is 0 Å². The lowest BCUT2D eigenvalue weighted by Crippen LogP contribution is -2.38. The van der Waals surface area contributed by atoms with Crippen molar-refractivity contribution in [2.45, 2.75) is 32.5 Å². The van der Waals surface area contributed by atoms with Gasteiger partial charge in [0, 0.05) is 40.4 Å². The lowest BCUT2D eigenvalue weighted by Gasteiger charge is -2.32. The third kappa shape index (κ3) is 4.31. The topological polar surface area (TPSA) is 49.7 Å². The molecule has 190 valence electrons. The molecule has 6 nitrogen and oxygen atoms in total. The highest BCUT2D eigenvalue weighted by molar-refractivity contribution is 7.15. The van der Waals surface area contributed by atoms with Gasteiger partial charge in [0.15, 0.2) is 0 Å². The lowest BCUT2D eigenvalue weighted by molar-refractivity contribution is 0.194. The fourth-order valence-electron chi connectivity index (χ4n) is 5.38. The summed E-state index contributed by atoms with van der Waals surface area (Å²) in [5.41, 5.74) is 6.34. The average molecular weight is 533 g/mol. The summed E-state index contributed by atoms with van der Waals surface area (Å²) in [6, 6.07) is 17.4. The van der Waals surface area contributed by atoms with Gasteiger partial charge in [0.1, 0.15) is 10.8 Å². The molecule has 4 aromatic rings. The molecule has 2 amide bonds. The van der Waals surface area contributed by atoms with Crippen LogP contribution in [0.15, 0.2) is 60.8 Å². The van der Waals surface area contributed by atoms with E-state index in [1.54, 1.807) is 7.11 Å². The average Bonchev–Trinajstić information content (AvgIpc) is 3.47. The SMILES string of the molecule is COc1cccc(C2c3cccn3-c3sc4c(c3CN2C(=O)Nc2ccc(C)c(Cl)c2)CCN(C)C4)c1. The van der Waals surface area contributed by atoms with Crippen LogP contribution in [0, 0.1) is 6.92 Å². The molecule has 0 fully saturated rings. The molecule has 8 heteroatoms. The molecule has 0 bridgehead atoms. The molecule has 1 atom stereocenters. The smallest absolute Gasteiger partial charge is 0.322 e. The van der Waals surface area contributed by atoms with Crippen molar-refractivity contribution >= 4 is 34.7 Å². The minimum Gasteiger partial charge on any atom is -0.497 e. The zero-order valence-electron chi connectivity index (χ0n) is 21.1. The zero-order chi connectivity index (χ0) is 25.7. The standard InChI is InChI=1S/C29H29ClN4O2S/c1-18-9-10-20(15-24(18)30)31-29(35)34-16-23-22-11-13-32(2)17-26(22)37-28(23)33-12-5-8-25(33)27(34)19-6-4-7-21(14-19)36-3/h4-10,12,14-15,27H,11,13,16-17H2,1-3H3,(H,31,35). The number of ether oxygens (including phenoxy) is 1. The molecule has 2 aromatic carbocycles. The molecule has 0 aliphatic carbocycles. The molecule has 0 saturated heterocycles. The van der Waals surface area contributed by atoms with Crippen LogP contribution in [0.4, 0.5) is 10.5 Å². The zero-order valence-corrected chi connectivity index (χ0v) is 22.7. The lowest BCUT2D eigenvalue weighted by atomic mass is 10.00. The Bertz CT molecular complexity index is 1490. The normalized spacial score (nSPS) is 17.0. The van der Waals surface area contributed by atoms with Crippen LogP contribution < -0.4 is 10.1 Å². The number of anilines is 1. The molecule has 2 aromatic heterocycles. The van der Waals surface area contributed by atoms with Crippen molar-refractivity contribution in [1.29, 1.82) is 0 Å². The summed E-state index contributed by atoms with van der Waals surface area (Å²) >= 11 is 8.23. The van der Waals surface area contributed by atoms with Crippen LogP contribution >= 0.6 is 22.9 Å². The highest BCUT2D eigenvalue weighted by Crippen LogP contribution is 2.44. The van der Waals surface area contributed by atoms with E-state index < -0.39 is 0 Å². The number of likely N-dealkylation sites (N-methyl/N-ethyl adjacent to an activating group) is 1. The summed E-state index contributed by atoms with van der Waals surface area (Å²) in [6.07, 6.45) is 3.11. The van der Waals surface area contributed by atoms with Crippen molar-refractivity contribution < 1.29 is 9.53 Å². The van der Waals surface area contributed by atoms with Crippen molar-refractivity contribution in [1.82, 2.24) is 14.4 Å². The molecule has 0 radical (unpaired) electrons. The van der Waals surface area contributed by atoms with E-state index in [9.17, 15) is 4.79 Å². The van der Waals surface area contributed by atoms with E-state index in [4.69, 9.17) is 16.3 Å². The number of carbonyl (C=O) groups is 1. The Morgan fingerprint density at radius 1 is 1.11 bits per heavy atom. The van der Waals surface area contributed by atoms with Crippen molar-refractivity contribution in [3.63, 3.8) is 0 Å². The maximum atomic E-state index is 14.1. The van der Waals surface area contributed by atoms with Gasteiger partial charge in [-0.05, 0) is 73.5 Å². The first-order valence-corrected chi connectivity index (χ1v) is 13.6. The second kappa shape index (κ2) is 9.56. The number of fused-ring (bicyclic) bond motifs is 5. The van der Waals surface area contributed by atoms with Crippen LogP contribution in [0.2, 0.25) is 5.02 Å². The van der Waals surface area contributed by atoms with Crippen LogP contribution in [0.25, 0.3) is 5.00 Å². The minimum absolute atomic E-state index is 0.166. The van der Waals surface area contributed by atoms with Gasteiger partial charge in [0.05, 0.1) is 25.4 Å². The summed E-state index contributed by atoms with van der Waals surface area (Å²) in [5, 5.41) is 4.97. The molecule has 0 saturated carbocycles. The number of aryl methyl sites for hydroxylation is 1. The Kier molecular flexibility index (Phi) is 6.23. The molecule has 2 aliphatic rings. The number of halogens is 1. The largest absolute Gasteiger partial charge is 0.497 e. The van der Waals surface area contributed by atoms with Crippen molar-refractivity contribution in [2.24, 2.45) is 0 Å². The molecule has 1 unspecified atom stereocenters. The third-order valence-electron chi connectivity index (χ3n) is 7.35. The number of methoxy groups -OCH3 is 1. The number of nitrogens with zero attached hydrogens (tertiary/aromatic N) is 3. The quantitative estimate of drug-likeness (QED) is 0.322. The monoisotopic (exact) mass is 532 g/mol. The summed E-state index contributed by atoms with van der Waals surface area (Å²) in [7, 11) is 3.83. The van der Waals surface area contributed by atoms with E-state index in [1.165, 1.54) is 21.0 Å². The van der Waals surface area contributed by atoms with Crippen LogP contribution in [-0.2, 0) is 19.5 Å². The van der Waals surface area contributed by atoms with Crippen LogP contribution in [-0.4, -0.2) is 41.1 Å². The van der Waals surface area contributed by atoms with Gasteiger partial charge in [-0.1, -0.05) is 29.8 Å². The summed E-state index contributed by atoms with van der Waals surface area (Å²) in [5.74, 6) is 0.765. The second-order valence-electron chi connectivity index (χ2n) is 9.78. The molecule has 37 heavy (non-hydrogen) atoms. The van der Waals surface area contributed by atoms with Gasteiger partial charge in [0.25, 0.3) is 0 Å². The fraction of sp³-hybridized carbons (Fsp3) is 0.276. The maximum absolute atomic E-state index is 14.1. The number of urea groups is 1. The highest BCUT2D eigenvalue weighted by Gasteiger charge is 2.36. The van der Waals surface area contributed by atoms with Gasteiger partial charge in [-0.25, -0.2) is 4.79 Å². The number of carbonyl (C=O) groups excluding carboxylic acids is 1. The first kappa shape index (κ1) is 24.1. The van der Waals surface area contributed by atoms with Crippen LogP contribution in [0.1, 0.15) is 38.9 Å². The Labute approximate surface area is 226 Å². The number of hydrogen-bond donors (Lipinski definition) is 1. The highest BCUT2D eigenvalue weighted by atomic mass is 35.5. The second-order valence-corrected chi connectivity index (χ2v) is 11.3. The number of thiophene rings is 1. The molecule has 0 spiro atoms. The van der Waals surface area contributed by atoms with Crippen molar-refractivity contribution in [2.75, 3.05) is 26.0 Å². The number of benzene rings is 2. The van der Waals surface area contributed by atoms with Crippen LogP contribution in [0.5, 0.6) is 5.75 Å². The van der Waals surface area contributed by atoms with Gasteiger partial charge in [0.2, 0.25) is 0 Å². The molecular formula is C29H29ClN4O2S. The Morgan fingerprint density at radius 3 is 2.78 bits per heavy atom. The summed E-state index contributed by atoms with van der Waals surface area (Å²) < 4.78 is 7.83. The number of aromatic nitrogens is 1. The van der Waals surface area contributed by atoms with Gasteiger partial charge in [-0.2, -0.15) is 0 Å². The third-order valence-corrected chi connectivity index (χ3v) is 9.01. The van der Waals surface area contributed by atoms with E-state index in [-0.39, 0.29) is 12.1 Å². The number of rotatable bonds is 3. The predicted octanol–water partition coefficient (Wildman–Crippen LogP) is 6.63. The van der Waals surface area contributed by atoms with Crippen molar-refractivity contribution in [3.8, 4) is 10.8 Å². The van der Waals surface area contributed by atoms with Gasteiger partial charge < -0.3 is 24.4 Å². The van der Waals surface area contributed by atoms with Gasteiger partial charge in [-0.3, -0.25) is 0 Å².